The van der Waals surface area contributed by atoms with E-state index < -0.39 is 51.7 Å². The number of hydrogen-bond acceptors (Lipinski definition) is 4. The van der Waals surface area contributed by atoms with Crippen LogP contribution < -0.4 is 4.72 Å². The van der Waals surface area contributed by atoms with Gasteiger partial charge in [0.05, 0.1) is 12.1 Å². The second-order valence-corrected chi connectivity index (χ2v) is 11.5. The largest absolute Gasteiger partial charge is 0.423 e. The van der Waals surface area contributed by atoms with Crippen LogP contribution in [0.1, 0.15) is 18.4 Å². The molecule has 3 atom stereocenters. The van der Waals surface area contributed by atoms with Crippen molar-refractivity contribution in [2.24, 2.45) is 5.41 Å². The predicted molar refractivity (Wildman–Crippen MR) is 124 cm³/mol. The topological polar surface area (TPSA) is 90.0 Å². The number of rotatable bonds is 7. The number of halogens is 4. The minimum Gasteiger partial charge on any atom is -0.376 e. The van der Waals surface area contributed by atoms with Crippen molar-refractivity contribution in [3.05, 3.63) is 59.9 Å². The molecule has 1 saturated heterocycles. The second-order valence-electron chi connectivity index (χ2n) is 9.57. The molecular weight excluding hydrogens is 502 g/mol. The molecule has 4 rings (SSSR count). The number of nitrogens with zero attached hydrogens (tertiary/aromatic N) is 2. The van der Waals surface area contributed by atoms with E-state index in [1.807, 2.05) is 0 Å². The van der Waals surface area contributed by atoms with Gasteiger partial charge in [0.1, 0.15) is 5.82 Å². The van der Waals surface area contributed by atoms with Crippen LogP contribution in [-0.2, 0) is 21.4 Å². The molecule has 12 heteroatoms. The predicted octanol–water partition coefficient (Wildman–Crippen LogP) is 2.71. The van der Waals surface area contributed by atoms with E-state index in [-0.39, 0.29) is 24.1 Å². The summed E-state index contributed by atoms with van der Waals surface area (Å²) in [6, 6.07) is 11.2. The average molecular weight is 530 g/mol. The second kappa shape index (κ2) is 9.40. The Morgan fingerprint density at radius 1 is 1.17 bits per heavy atom. The number of carbonyl (C=O) groups excluding carboxylic acids is 1. The lowest BCUT2D eigenvalue weighted by Crippen LogP contribution is -2.54. The van der Waals surface area contributed by atoms with Gasteiger partial charge in [-0.3, -0.25) is 4.79 Å². The van der Waals surface area contributed by atoms with Crippen molar-refractivity contribution < 1.29 is 35.9 Å². The molecule has 1 aliphatic heterocycles. The van der Waals surface area contributed by atoms with Gasteiger partial charge in [-0.25, -0.2) is 4.39 Å². The molecule has 1 amide bonds. The molecule has 1 heterocycles. The Balaban J connectivity index is 1.75. The fourth-order valence-corrected chi connectivity index (χ4v) is 5.75. The molecule has 7 nitrogen and oxygen atoms in total. The summed E-state index contributed by atoms with van der Waals surface area (Å²) in [7, 11) is -1.44. The van der Waals surface area contributed by atoms with E-state index in [2.05, 4.69) is 4.72 Å². The molecular formula is C24H27F4N3O4S. The quantitative estimate of drug-likeness (QED) is 0.540. The highest BCUT2D eigenvalue weighted by Crippen LogP contribution is 2.56. The van der Waals surface area contributed by atoms with E-state index >= 15 is 4.39 Å². The highest BCUT2D eigenvalue weighted by Gasteiger charge is 2.63. The zero-order chi connectivity index (χ0) is 26.5. The van der Waals surface area contributed by atoms with Crippen molar-refractivity contribution in [1.29, 1.82) is 0 Å². The molecule has 2 aliphatic rings. The van der Waals surface area contributed by atoms with Gasteiger partial charge in [0.15, 0.2) is 0 Å². The molecule has 1 spiro atoms. The number of aliphatic hydroxyl groups excluding tert-OH is 1. The summed E-state index contributed by atoms with van der Waals surface area (Å²) in [5.41, 5.74) is 0.188. The van der Waals surface area contributed by atoms with Crippen LogP contribution in [0.4, 0.5) is 17.6 Å². The van der Waals surface area contributed by atoms with E-state index in [4.69, 9.17) is 0 Å². The summed E-state index contributed by atoms with van der Waals surface area (Å²) >= 11 is 0. The maximum atomic E-state index is 15.6. The van der Waals surface area contributed by atoms with Gasteiger partial charge in [0.25, 0.3) is 16.1 Å². The van der Waals surface area contributed by atoms with Crippen molar-refractivity contribution in [3.8, 4) is 11.1 Å². The Bertz CT molecular complexity index is 1230. The molecule has 0 unspecified atom stereocenters. The van der Waals surface area contributed by atoms with Crippen LogP contribution in [0.15, 0.2) is 48.5 Å². The first-order chi connectivity index (χ1) is 16.8. The summed E-state index contributed by atoms with van der Waals surface area (Å²) in [6.07, 6.45) is -7.76. The van der Waals surface area contributed by atoms with Crippen molar-refractivity contribution in [2.45, 2.75) is 43.6 Å². The maximum Gasteiger partial charge on any atom is 0.423 e. The number of aliphatic hydroxyl groups is 1. The van der Waals surface area contributed by atoms with Crippen LogP contribution in [0.2, 0.25) is 0 Å². The number of nitrogens with one attached hydrogen (secondary N) is 1. The first-order valence-corrected chi connectivity index (χ1v) is 12.8. The normalized spacial score (nSPS) is 22.3. The standard InChI is InChI=1S/C24H27F4N3O4S/c1-30(2)36(34,35)29-20-18(31(14-23(20)11-12-23)22(33)21(32)24(26,27)28)13-16-9-6-10-17(19(16)25)15-7-4-3-5-8-15/h3-10,18,20-21,29,32H,11-14H2,1-2H3/t18-,20+,21-/m0/s1. The Hall–Kier alpha value is -2.54. The molecule has 0 aromatic heterocycles. The smallest absolute Gasteiger partial charge is 0.376 e. The molecule has 1 aliphatic carbocycles. The first kappa shape index (κ1) is 26.5. The number of amides is 1. The fraction of sp³-hybridized carbons (Fsp3) is 0.458. The molecule has 196 valence electrons. The van der Waals surface area contributed by atoms with Gasteiger partial charge in [-0.05, 0) is 30.4 Å². The summed E-state index contributed by atoms with van der Waals surface area (Å²) in [6.45, 7) is -0.176. The lowest BCUT2D eigenvalue weighted by atomic mass is 9.91. The van der Waals surface area contributed by atoms with Crippen molar-refractivity contribution in [1.82, 2.24) is 13.9 Å². The van der Waals surface area contributed by atoms with E-state index in [9.17, 15) is 31.5 Å². The summed E-state index contributed by atoms with van der Waals surface area (Å²) in [4.78, 5) is 13.7. The lowest BCUT2D eigenvalue weighted by Gasteiger charge is -2.31. The molecule has 2 aromatic carbocycles. The SMILES string of the molecule is CN(C)S(=O)(=O)N[C@@H]1[C@H](Cc2cccc(-c3ccccc3)c2F)N(C(=O)[C@H](O)C(F)(F)F)CC12CC2. The highest BCUT2D eigenvalue weighted by molar-refractivity contribution is 7.87. The highest BCUT2D eigenvalue weighted by atomic mass is 32.2. The van der Waals surface area contributed by atoms with E-state index in [0.717, 1.165) is 9.21 Å². The van der Waals surface area contributed by atoms with E-state index in [0.29, 0.717) is 18.4 Å². The van der Waals surface area contributed by atoms with Gasteiger partial charge < -0.3 is 10.0 Å². The number of benzene rings is 2. The Kier molecular flexibility index (Phi) is 6.93. The van der Waals surface area contributed by atoms with Crippen LogP contribution in [0.25, 0.3) is 11.1 Å². The number of likely N-dealkylation sites (tertiary alicyclic amines) is 1. The van der Waals surface area contributed by atoms with Crippen molar-refractivity contribution >= 4 is 16.1 Å². The number of hydrogen-bond donors (Lipinski definition) is 2. The van der Waals surface area contributed by atoms with Crippen LogP contribution in [0.3, 0.4) is 0 Å². The summed E-state index contributed by atoms with van der Waals surface area (Å²) in [5, 5.41) is 9.71. The first-order valence-electron chi connectivity index (χ1n) is 11.3. The van der Waals surface area contributed by atoms with Gasteiger partial charge in [-0.15, -0.1) is 0 Å². The van der Waals surface area contributed by atoms with E-state index in [1.165, 1.54) is 20.2 Å². The van der Waals surface area contributed by atoms with Crippen LogP contribution in [-0.4, -0.2) is 73.6 Å². The average Bonchev–Trinajstić information content (AvgIpc) is 3.54. The molecule has 1 saturated carbocycles. The summed E-state index contributed by atoms with van der Waals surface area (Å²) < 4.78 is 84.1. The number of carbonyl (C=O) groups is 1. The minimum absolute atomic E-state index is 0.118. The maximum absolute atomic E-state index is 15.6. The fourth-order valence-electron chi connectivity index (χ4n) is 4.81. The third kappa shape index (κ3) is 4.99. The van der Waals surface area contributed by atoms with Crippen molar-refractivity contribution in [2.75, 3.05) is 20.6 Å². The van der Waals surface area contributed by atoms with Crippen LogP contribution in [0.5, 0.6) is 0 Å². The van der Waals surface area contributed by atoms with Gasteiger partial charge in [0.2, 0.25) is 6.10 Å². The Morgan fingerprint density at radius 3 is 2.36 bits per heavy atom. The lowest BCUT2D eigenvalue weighted by molar-refractivity contribution is -0.211. The molecule has 2 N–H and O–H groups in total. The van der Waals surface area contributed by atoms with E-state index in [1.54, 1.807) is 42.5 Å². The Labute approximate surface area is 206 Å². The van der Waals surface area contributed by atoms with Gasteiger partial charge in [-0.2, -0.15) is 30.6 Å². The molecule has 0 radical (unpaired) electrons. The third-order valence-corrected chi connectivity index (χ3v) is 8.51. The minimum atomic E-state index is -5.20. The van der Waals surface area contributed by atoms with Gasteiger partial charge >= 0.3 is 6.18 Å². The van der Waals surface area contributed by atoms with Crippen LogP contribution in [0, 0.1) is 11.2 Å². The summed E-state index contributed by atoms with van der Waals surface area (Å²) in [5.74, 6) is -2.19. The monoisotopic (exact) mass is 529 g/mol. The molecule has 2 aromatic rings. The molecule has 2 fully saturated rings. The molecule has 0 bridgehead atoms. The zero-order valence-corrected chi connectivity index (χ0v) is 20.5. The zero-order valence-electron chi connectivity index (χ0n) is 19.7. The van der Waals surface area contributed by atoms with Gasteiger partial charge in [-0.1, -0.05) is 48.5 Å². The van der Waals surface area contributed by atoms with Crippen LogP contribution >= 0.6 is 0 Å². The molecule has 36 heavy (non-hydrogen) atoms. The Morgan fingerprint density at radius 2 is 1.81 bits per heavy atom. The number of alkyl halides is 3. The van der Waals surface area contributed by atoms with Gasteiger partial charge in [0, 0.05) is 31.6 Å². The third-order valence-electron chi connectivity index (χ3n) is 7.00. The van der Waals surface area contributed by atoms with Crippen molar-refractivity contribution in [3.63, 3.8) is 0 Å².